The van der Waals surface area contributed by atoms with Crippen LogP contribution in [0.4, 0.5) is 4.39 Å². The van der Waals surface area contributed by atoms with Crippen LogP contribution < -0.4 is 5.73 Å². The second-order valence-corrected chi connectivity index (χ2v) is 7.24. The normalized spacial score (nSPS) is 22.8. The van der Waals surface area contributed by atoms with E-state index in [1.165, 1.54) is 25.3 Å². The topological polar surface area (TPSA) is 89.7 Å². The molecular formula is C14H19FN2O4S. The Morgan fingerprint density at radius 1 is 1.45 bits per heavy atom. The van der Waals surface area contributed by atoms with E-state index in [0.717, 1.165) is 10.4 Å². The van der Waals surface area contributed by atoms with Crippen molar-refractivity contribution in [3.8, 4) is 0 Å². The summed E-state index contributed by atoms with van der Waals surface area (Å²) in [6, 6.07) is 5.18. The van der Waals surface area contributed by atoms with Crippen molar-refractivity contribution in [3.05, 3.63) is 30.1 Å². The minimum absolute atomic E-state index is 0.0314. The van der Waals surface area contributed by atoms with Gasteiger partial charge in [-0.25, -0.2) is 12.8 Å². The molecule has 1 amide bonds. The summed E-state index contributed by atoms with van der Waals surface area (Å²) in [5.74, 6) is -1.44. The molecule has 1 aromatic carbocycles. The van der Waals surface area contributed by atoms with Gasteiger partial charge in [0.25, 0.3) is 0 Å². The van der Waals surface area contributed by atoms with Crippen molar-refractivity contribution in [1.82, 2.24) is 4.31 Å². The van der Waals surface area contributed by atoms with E-state index in [9.17, 15) is 17.6 Å². The SMILES string of the molecule is COCC1(CC(N)=O)CCCN1S(=O)(=O)c1ccccc1F. The molecule has 0 bridgehead atoms. The summed E-state index contributed by atoms with van der Waals surface area (Å²) in [5, 5.41) is 0. The maximum Gasteiger partial charge on any atom is 0.246 e. The van der Waals surface area contributed by atoms with Gasteiger partial charge in [0.05, 0.1) is 12.1 Å². The molecule has 22 heavy (non-hydrogen) atoms. The lowest BCUT2D eigenvalue weighted by atomic mass is 9.94. The summed E-state index contributed by atoms with van der Waals surface area (Å²) in [6.07, 6.45) is 0.844. The van der Waals surface area contributed by atoms with Crippen LogP contribution >= 0.6 is 0 Å². The van der Waals surface area contributed by atoms with Crippen LogP contribution in [0.5, 0.6) is 0 Å². The van der Waals surface area contributed by atoms with Crippen LogP contribution in [-0.2, 0) is 19.6 Å². The van der Waals surface area contributed by atoms with Crippen LogP contribution in [0.3, 0.4) is 0 Å². The van der Waals surface area contributed by atoms with Gasteiger partial charge in [0.15, 0.2) is 0 Å². The van der Waals surface area contributed by atoms with Crippen LogP contribution in [0.25, 0.3) is 0 Å². The highest BCUT2D eigenvalue weighted by molar-refractivity contribution is 7.89. The fourth-order valence-corrected chi connectivity index (χ4v) is 4.92. The Morgan fingerprint density at radius 2 is 2.14 bits per heavy atom. The second-order valence-electron chi connectivity index (χ2n) is 5.41. The highest BCUT2D eigenvalue weighted by Crippen LogP contribution is 2.37. The van der Waals surface area contributed by atoms with Crippen molar-refractivity contribution in [1.29, 1.82) is 0 Å². The molecule has 122 valence electrons. The highest BCUT2D eigenvalue weighted by atomic mass is 32.2. The quantitative estimate of drug-likeness (QED) is 0.838. The summed E-state index contributed by atoms with van der Waals surface area (Å²) in [6.45, 7) is 0.233. The van der Waals surface area contributed by atoms with Gasteiger partial charge >= 0.3 is 0 Å². The number of primary amides is 1. The Kier molecular flexibility index (Phi) is 4.84. The number of hydrogen-bond acceptors (Lipinski definition) is 4. The first-order valence-electron chi connectivity index (χ1n) is 6.88. The van der Waals surface area contributed by atoms with E-state index in [2.05, 4.69) is 0 Å². The number of nitrogens with zero attached hydrogens (tertiary/aromatic N) is 1. The Morgan fingerprint density at radius 3 is 2.73 bits per heavy atom. The molecule has 0 spiro atoms. The molecule has 1 fully saturated rings. The van der Waals surface area contributed by atoms with Gasteiger partial charge in [-0.3, -0.25) is 4.79 Å². The third kappa shape index (κ3) is 2.99. The van der Waals surface area contributed by atoms with Gasteiger partial charge in [0, 0.05) is 20.1 Å². The van der Waals surface area contributed by atoms with E-state index >= 15 is 0 Å². The minimum Gasteiger partial charge on any atom is -0.383 e. The molecule has 6 nitrogen and oxygen atoms in total. The Labute approximate surface area is 129 Å². The molecule has 1 aliphatic rings. The zero-order chi connectivity index (χ0) is 16.4. The lowest BCUT2D eigenvalue weighted by molar-refractivity contribution is -0.120. The third-order valence-electron chi connectivity index (χ3n) is 3.85. The molecule has 0 radical (unpaired) electrons. The Bertz CT molecular complexity index is 665. The third-order valence-corrected chi connectivity index (χ3v) is 5.89. The Hall–Kier alpha value is -1.51. The number of halogens is 1. The second kappa shape index (κ2) is 6.31. The number of amides is 1. The molecule has 0 saturated carbocycles. The lowest BCUT2D eigenvalue weighted by Crippen LogP contribution is -2.52. The molecule has 1 unspecified atom stereocenters. The number of carbonyl (C=O) groups excluding carboxylic acids is 1. The molecule has 8 heteroatoms. The number of nitrogens with two attached hydrogens (primary N) is 1. The molecule has 0 aromatic heterocycles. The van der Waals surface area contributed by atoms with Crippen LogP contribution in [0.1, 0.15) is 19.3 Å². The van der Waals surface area contributed by atoms with Gasteiger partial charge in [0.1, 0.15) is 10.7 Å². The average molecular weight is 330 g/mol. The molecular weight excluding hydrogens is 311 g/mol. The first-order valence-corrected chi connectivity index (χ1v) is 8.32. The monoisotopic (exact) mass is 330 g/mol. The number of hydrogen-bond donors (Lipinski definition) is 1. The molecule has 1 atom stereocenters. The van der Waals surface area contributed by atoms with Crippen LogP contribution in [0, 0.1) is 5.82 Å². The van der Waals surface area contributed by atoms with Crippen molar-refractivity contribution >= 4 is 15.9 Å². The van der Waals surface area contributed by atoms with Crippen LogP contribution in [-0.4, -0.2) is 44.4 Å². The Balaban J connectivity index is 2.48. The zero-order valence-electron chi connectivity index (χ0n) is 12.3. The predicted octanol–water partition coefficient (Wildman–Crippen LogP) is 0.871. The maximum absolute atomic E-state index is 13.9. The first-order chi connectivity index (χ1) is 10.3. The predicted molar refractivity (Wildman–Crippen MR) is 77.9 cm³/mol. The van der Waals surface area contributed by atoms with E-state index in [1.807, 2.05) is 0 Å². The summed E-state index contributed by atoms with van der Waals surface area (Å²) in [4.78, 5) is 11.0. The number of methoxy groups -OCH3 is 1. The number of sulfonamides is 1. The van der Waals surface area contributed by atoms with Crippen LogP contribution in [0.15, 0.2) is 29.2 Å². The van der Waals surface area contributed by atoms with Crippen LogP contribution in [0.2, 0.25) is 0 Å². The summed E-state index contributed by atoms with van der Waals surface area (Å²) < 4.78 is 45.8. The molecule has 1 heterocycles. The van der Waals surface area contributed by atoms with Gasteiger partial charge in [-0.05, 0) is 25.0 Å². The fourth-order valence-electron chi connectivity index (χ4n) is 3.03. The van der Waals surface area contributed by atoms with Crippen molar-refractivity contribution in [2.24, 2.45) is 5.73 Å². The highest BCUT2D eigenvalue weighted by Gasteiger charge is 2.49. The number of rotatable bonds is 6. The number of carbonyl (C=O) groups is 1. The average Bonchev–Trinajstić information content (AvgIpc) is 2.82. The minimum atomic E-state index is -4.07. The van der Waals surface area contributed by atoms with Gasteiger partial charge in [-0.15, -0.1) is 0 Å². The van der Waals surface area contributed by atoms with Gasteiger partial charge < -0.3 is 10.5 Å². The molecule has 1 aromatic rings. The summed E-state index contributed by atoms with van der Waals surface area (Å²) in [5.41, 5.74) is 4.22. The zero-order valence-corrected chi connectivity index (χ0v) is 13.1. The smallest absolute Gasteiger partial charge is 0.246 e. The van der Waals surface area contributed by atoms with Crippen molar-refractivity contribution in [2.45, 2.75) is 29.7 Å². The molecule has 0 aliphatic carbocycles. The van der Waals surface area contributed by atoms with E-state index in [1.54, 1.807) is 0 Å². The van der Waals surface area contributed by atoms with Crippen molar-refractivity contribution in [3.63, 3.8) is 0 Å². The molecule has 2 N–H and O–H groups in total. The standard InChI is InChI=1S/C14H19FN2O4S/c1-21-10-14(9-13(16)18)7-4-8-17(14)22(19,20)12-6-3-2-5-11(12)15/h2-3,5-6H,4,7-10H2,1H3,(H2,16,18). The maximum atomic E-state index is 13.9. The lowest BCUT2D eigenvalue weighted by Gasteiger charge is -2.36. The van der Waals surface area contributed by atoms with Gasteiger partial charge in [-0.1, -0.05) is 12.1 Å². The van der Waals surface area contributed by atoms with Crippen molar-refractivity contribution < 1.29 is 22.3 Å². The van der Waals surface area contributed by atoms with Gasteiger partial charge in [-0.2, -0.15) is 4.31 Å². The van der Waals surface area contributed by atoms with E-state index in [4.69, 9.17) is 10.5 Å². The van der Waals surface area contributed by atoms with E-state index in [0.29, 0.717) is 12.8 Å². The van der Waals surface area contributed by atoms with Gasteiger partial charge in [0.2, 0.25) is 15.9 Å². The fraction of sp³-hybridized carbons (Fsp3) is 0.500. The number of benzene rings is 1. The van der Waals surface area contributed by atoms with E-state index in [-0.39, 0.29) is 19.6 Å². The van der Waals surface area contributed by atoms with E-state index < -0.39 is 32.2 Å². The number of ether oxygens (including phenoxy) is 1. The summed E-state index contributed by atoms with van der Waals surface area (Å²) in [7, 11) is -2.65. The molecule has 2 rings (SSSR count). The first kappa shape index (κ1) is 16.9. The largest absolute Gasteiger partial charge is 0.383 e. The molecule has 1 saturated heterocycles. The van der Waals surface area contributed by atoms with Crippen molar-refractivity contribution in [2.75, 3.05) is 20.3 Å². The summed E-state index contributed by atoms with van der Waals surface area (Å²) >= 11 is 0. The molecule has 1 aliphatic heterocycles.